The lowest BCUT2D eigenvalue weighted by atomic mass is 10.0. The van der Waals surface area contributed by atoms with Crippen molar-refractivity contribution in [2.24, 2.45) is 0 Å². The van der Waals surface area contributed by atoms with Crippen LogP contribution < -0.4 is 0 Å². The molecule has 1 aliphatic rings. The summed E-state index contributed by atoms with van der Waals surface area (Å²) >= 11 is 1.94. The molecule has 1 unspecified atom stereocenters. The Morgan fingerprint density at radius 3 is 2.95 bits per heavy atom. The molecule has 0 aliphatic carbocycles. The van der Waals surface area contributed by atoms with E-state index in [9.17, 15) is 4.79 Å². The Labute approximate surface area is 127 Å². The number of aromatic nitrogens is 1. The lowest BCUT2D eigenvalue weighted by Crippen LogP contribution is -2.07. The van der Waals surface area contributed by atoms with Gasteiger partial charge in [0.2, 0.25) is 0 Å². The molecule has 104 valence electrons. The summed E-state index contributed by atoms with van der Waals surface area (Å²) in [6.45, 7) is 0.968. The Hall–Kier alpha value is -2.00. The predicted octanol–water partition coefficient (Wildman–Crippen LogP) is 4.34. The number of carbonyl (C=O) groups is 1. The highest BCUT2D eigenvalue weighted by molar-refractivity contribution is 7.99. The van der Waals surface area contributed by atoms with Crippen molar-refractivity contribution in [2.45, 2.75) is 17.4 Å². The minimum atomic E-state index is 0.543. The summed E-state index contributed by atoms with van der Waals surface area (Å²) in [5.74, 6) is 1.67. The number of carbonyl (C=O) groups excluding carboxylic acids is 1. The van der Waals surface area contributed by atoms with Crippen LogP contribution in [0.3, 0.4) is 0 Å². The maximum absolute atomic E-state index is 11.1. The summed E-state index contributed by atoms with van der Waals surface area (Å²) in [4.78, 5) is 12.5. The van der Waals surface area contributed by atoms with Crippen LogP contribution in [0.15, 0.2) is 59.6 Å². The molecule has 2 nitrogen and oxygen atoms in total. The maximum atomic E-state index is 11.1. The largest absolute Gasteiger partial charge is 0.347 e. The monoisotopic (exact) mass is 293 g/mol. The molecule has 0 saturated carbocycles. The van der Waals surface area contributed by atoms with Gasteiger partial charge >= 0.3 is 0 Å². The van der Waals surface area contributed by atoms with E-state index in [-0.39, 0.29) is 0 Å². The van der Waals surface area contributed by atoms with Gasteiger partial charge in [-0.1, -0.05) is 30.3 Å². The van der Waals surface area contributed by atoms with Gasteiger partial charge in [-0.25, -0.2) is 0 Å². The first-order valence-electron chi connectivity index (χ1n) is 7.11. The van der Waals surface area contributed by atoms with Gasteiger partial charge < -0.3 is 4.57 Å². The lowest BCUT2D eigenvalue weighted by Gasteiger charge is -2.13. The molecule has 1 aliphatic heterocycles. The van der Waals surface area contributed by atoms with Crippen molar-refractivity contribution in [3.63, 3.8) is 0 Å². The van der Waals surface area contributed by atoms with Crippen LogP contribution in [0.4, 0.5) is 0 Å². The van der Waals surface area contributed by atoms with Gasteiger partial charge in [-0.05, 0) is 23.8 Å². The van der Waals surface area contributed by atoms with Gasteiger partial charge in [-0.2, -0.15) is 0 Å². The molecule has 0 amide bonds. The number of rotatable bonds is 3. The number of nitrogens with zero attached hydrogens (tertiary/aromatic N) is 1. The zero-order chi connectivity index (χ0) is 14.2. The van der Waals surface area contributed by atoms with E-state index in [1.807, 2.05) is 30.0 Å². The van der Waals surface area contributed by atoms with Crippen LogP contribution in [0.2, 0.25) is 0 Å². The van der Waals surface area contributed by atoms with E-state index < -0.39 is 0 Å². The molecule has 0 saturated heterocycles. The summed E-state index contributed by atoms with van der Waals surface area (Å²) in [7, 11) is 0. The fourth-order valence-corrected chi connectivity index (χ4v) is 4.37. The van der Waals surface area contributed by atoms with E-state index in [0.717, 1.165) is 35.1 Å². The molecule has 2 heterocycles. The van der Waals surface area contributed by atoms with Crippen molar-refractivity contribution < 1.29 is 4.79 Å². The van der Waals surface area contributed by atoms with E-state index in [1.54, 1.807) is 0 Å². The van der Waals surface area contributed by atoms with Crippen LogP contribution in [0, 0.1) is 0 Å². The van der Waals surface area contributed by atoms with Crippen LogP contribution in [-0.2, 0) is 6.54 Å². The van der Waals surface area contributed by atoms with Gasteiger partial charge in [0.15, 0.2) is 6.29 Å². The highest BCUT2D eigenvalue weighted by Crippen LogP contribution is 2.40. The van der Waals surface area contributed by atoms with Crippen molar-refractivity contribution in [1.82, 2.24) is 4.57 Å². The molecule has 3 aromatic rings. The first-order chi connectivity index (χ1) is 10.4. The standard InChI is InChI=1S/C18H15NOS/c20-11-13-4-3-6-17-15(13)8-9-19(17)10-14-12-21-18-7-2-1-5-16(14)18/h1-9,11,14H,10,12H2. The number of aldehydes is 1. The second kappa shape index (κ2) is 5.08. The molecule has 0 N–H and O–H groups in total. The molecule has 21 heavy (non-hydrogen) atoms. The minimum Gasteiger partial charge on any atom is -0.347 e. The Morgan fingerprint density at radius 2 is 2.05 bits per heavy atom. The first-order valence-corrected chi connectivity index (χ1v) is 8.10. The van der Waals surface area contributed by atoms with Crippen LogP contribution in [0.1, 0.15) is 21.8 Å². The smallest absolute Gasteiger partial charge is 0.150 e. The Bertz CT molecular complexity index is 821. The van der Waals surface area contributed by atoms with E-state index in [0.29, 0.717) is 5.92 Å². The summed E-state index contributed by atoms with van der Waals surface area (Å²) in [6.07, 6.45) is 3.04. The fourth-order valence-electron chi connectivity index (χ4n) is 3.13. The molecule has 4 rings (SSSR count). The van der Waals surface area contributed by atoms with Crippen molar-refractivity contribution in [1.29, 1.82) is 0 Å². The SMILES string of the molecule is O=Cc1cccc2c1ccn2CC1CSc2ccccc21. The second-order valence-electron chi connectivity index (χ2n) is 5.41. The molecular formula is C18H15NOS. The zero-order valence-electron chi connectivity index (χ0n) is 11.5. The number of fused-ring (bicyclic) bond motifs is 2. The van der Waals surface area contributed by atoms with Gasteiger partial charge in [0.25, 0.3) is 0 Å². The van der Waals surface area contributed by atoms with Crippen molar-refractivity contribution in [2.75, 3.05) is 5.75 Å². The molecule has 0 fully saturated rings. The molecule has 1 atom stereocenters. The van der Waals surface area contributed by atoms with Crippen molar-refractivity contribution in [3.05, 3.63) is 65.9 Å². The summed E-state index contributed by atoms with van der Waals surface area (Å²) in [5, 5.41) is 1.05. The van der Waals surface area contributed by atoms with E-state index in [2.05, 4.69) is 41.1 Å². The summed E-state index contributed by atoms with van der Waals surface area (Å²) < 4.78 is 2.27. The third-order valence-electron chi connectivity index (χ3n) is 4.19. The van der Waals surface area contributed by atoms with Crippen molar-refractivity contribution in [3.8, 4) is 0 Å². The van der Waals surface area contributed by atoms with Gasteiger partial charge in [-0.15, -0.1) is 11.8 Å². The third-order valence-corrected chi connectivity index (χ3v) is 5.44. The van der Waals surface area contributed by atoms with Crippen LogP contribution in [-0.4, -0.2) is 16.6 Å². The fraction of sp³-hybridized carbons (Fsp3) is 0.167. The lowest BCUT2D eigenvalue weighted by molar-refractivity contribution is 0.112. The molecule has 1 aromatic heterocycles. The van der Waals surface area contributed by atoms with Gasteiger partial charge in [-0.3, -0.25) is 4.79 Å². The van der Waals surface area contributed by atoms with Crippen LogP contribution in [0.25, 0.3) is 10.9 Å². The van der Waals surface area contributed by atoms with E-state index in [1.165, 1.54) is 10.5 Å². The zero-order valence-corrected chi connectivity index (χ0v) is 12.3. The normalized spacial score (nSPS) is 17.0. The Balaban J connectivity index is 1.72. The molecular weight excluding hydrogens is 278 g/mol. The topological polar surface area (TPSA) is 22.0 Å². The molecule has 3 heteroatoms. The van der Waals surface area contributed by atoms with E-state index >= 15 is 0 Å². The first kappa shape index (κ1) is 12.7. The quantitative estimate of drug-likeness (QED) is 0.670. The molecule has 0 radical (unpaired) electrons. The Morgan fingerprint density at radius 1 is 1.14 bits per heavy atom. The maximum Gasteiger partial charge on any atom is 0.150 e. The highest BCUT2D eigenvalue weighted by Gasteiger charge is 2.23. The molecule has 0 spiro atoms. The second-order valence-corrected chi connectivity index (χ2v) is 6.47. The Kier molecular flexibility index (Phi) is 3.08. The average Bonchev–Trinajstić information content (AvgIpc) is 3.13. The van der Waals surface area contributed by atoms with Crippen LogP contribution >= 0.6 is 11.8 Å². The van der Waals surface area contributed by atoms with Crippen LogP contribution in [0.5, 0.6) is 0 Å². The van der Waals surface area contributed by atoms with Gasteiger partial charge in [0.05, 0.1) is 0 Å². The number of thioether (sulfide) groups is 1. The summed E-state index contributed by atoms with van der Waals surface area (Å²) in [6, 6.07) is 16.6. The van der Waals surface area contributed by atoms with Gasteiger partial charge in [0.1, 0.15) is 0 Å². The molecule has 0 bridgehead atoms. The highest BCUT2D eigenvalue weighted by atomic mass is 32.2. The van der Waals surface area contributed by atoms with E-state index in [4.69, 9.17) is 0 Å². The molecule has 2 aromatic carbocycles. The predicted molar refractivity (Wildman–Crippen MR) is 87.2 cm³/mol. The summed E-state index contributed by atoms with van der Waals surface area (Å²) in [5.41, 5.74) is 3.37. The minimum absolute atomic E-state index is 0.543. The number of hydrogen-bond acceptors (Lipinski definition) is 2. The van der Waals surface area contributed by atoms with Crippen molar-refractivity contribution >= 4 is 29.0 Å². The number of hydrogen-bond donors (Lipinski definition) is 0. The number of benzene rings is 2. The average molecular weight is 293 g/mol. The van der Waals surface area contributed by atoms with Gasteiger partial charge in [0, 0.05) is 45.8 Å². The third kappa shape index (κ3) is 2.09.